The molecule has 0 N–H and O–H groups in total. The van der Waals surface area contributed by atoms with Crippen LogP contribution in [0.3, 0.4) is 0 Å². The van der Waals surface area contributed by atoms with Crippen molar-refractivity contribution in [1.29, 1.82) is 0 Å². The molecule has 0 saturated carbocycles. The van der Waals surface area contributed by atoms with Crippen LogP contribution in [0.15, 0.2) is 0 Å². The fourth-order valence-electron chi connectivity index (χ4n) is 0.783. The SMILES string of the molecule is C.CC.CN1CCCC1=S. The highest BCUT2D eigenvalue weighted by atomic mass is 32.1. The van der Waals surface area contributed by atoms with Gasteiger partial charge in [0.05, 0.1) is 4.99 Å². The second kappa shape index (κ2) is 7.00. The Kier molecular flexibility index (Phi) is 8.79. The van der Waals surface area contributed by atoms with Gasteiger partial charge in [-0.3, -0.25) is 0 Å². The second-order valence-electron chi connectivity index (χ2n) is 1.92. The van der Waals surface area contributed by atoms with Crippen molar-refractivity contribution in [2.24, 2.45) is 0 Å². The molecule has 0 aromatic rings. The molecule has 62 valence electrons. The van der Waals surface area contributed by atoms with Gasteiger partial charge in [0.2, 0.25) is 0 Å². The normalized spacial score (nSPS) is 15.5. The third-order valence-corrected chi connectivity index (χ3v) is 1.83. The molecule has 1 fully saturated rings. The van der Waals surface area contributed by atoms with Crippen LogP contribution in [-0.2, 0) is 0 Å². The molecule has 0 radical (unpaired) electrons. The molecule has 0 bridgehead atoms. The van der Waals surface area contributed by atoms with Crippen LogP contribution in [0.4, 0.5) is 0 Å². The average Bonchev–Trinajstić information content (AvgIpc) is 2.23. The van der Waals surface area contributed by atoms with Crippen molar-refractivity contribution in [2.75, 3.05) is 13.6 Å². The van der Waals surface area contributed by atoms with Crippen molar-refractivity contribution in [3.8, 4) is 0 Å². The van der Waals surface area contributed by atoms with Crippen LogP contribution in [-0.4, -0.2) is 23.5 Å². The van der Waals surface area contributed by atoms with Gasteiger partial charge in [-0.1, -0.05) is 33.5 Å². The van der Waals surface area contributed by atoms with Gasteiger partial charge in [-0.15, -0.1) is 0 Å². The zero-order valence-electron chi connectivity index (χ0n) is 6.48. The Bertz CT molecular complexity index is 91.3. The lowest BCUT2D eigenvalue weighted by atomic mass is 10.4. The summed E-state index contributed by atoms with van der Waals surface area (Å²) in [4.78, 5) is 3.26. The summed E-state index contributed by atoms with van der Waals surface area (Å²) in [6.45, 7) is 5.17. The summed E-state index contributed by atoms with van der Waals surface area (Å²) in [5.41, 5.74) is 0. The van der Waals surface area contributed by atoms with Gasteiger partial charge in [0, 0.05) is 13.6 Å². The van der Waals surface area contributed by atoms with Crippen LogP contribution in [0.25, 0.3) is 0 Å². The molecule has 0 atom stereocenters. The van der Waals surface area contributed by atoms with Gasteiger partial charge in [0.1, 0.15) is 0 Å². The fraction of sp³-hybridized carbons (Fsp3) is 0.875. The first kappa shape index (κ1) is 12.6. The Hall–Kier alpha value is -0.110. The lowest BCUT2D eigenvalue weighted by Crippen LogP contribution is -2.16. The molecule has 1 aliphatic heterocycles. The molecule has 1 rings (SSSR count). The summed E-state index contributed by atoms with van der Waals surface area (Å²) >= 11 is 4.97. The first-order valence-electron chi connectivity index (χ1n) is 3.54. The van der Waals surface area contributed by atoms with Gasteiger partial charge in [-0.2, -0.15) is 0 Å². The Balaban J connectivity index is 0. The highest BCUT2D eigenvalue weighted by Crippen LogP contribution is 2.07. The summed E-state index contributed by atoms with van der Waals surface area (Å²) in [6.07, 6.45) is 2.39. The first-order chi connectivity index (χ1) is 4.30. The molecule has 1 nitrogen and oxygen atoms in total. The standard InChI is InChI=1S/C5H9NS.C2H6.CH4/c1-6-4-2-3-5(6)7;1-2;/h2-4H2,1H3;1-2H3;1H4. The minimum Gasteiger partial charge on any atom is -0.369 e. The molecule has 10 heavy (non-hydrogen) atoms. The van der Waals surface area contributed by atoms with E-state index in [2.05, 4.69) is 11.9 Å². The Labute approximate surface area is 70.4 Å². The van der Waals surface area contributed by atoms with E-state index in [0.717, 1.165) is 11.4 Å². The third kappa shape index (κ3) is 3.83. The van der Waals surface area contributed by atoms with E-state index in [1.165, 1.54) is 13.0 Å². The maximum Gasteiger partial charge on any atom is 0.0777 e. The van der Waals surface area contributed by atoms with E-state index in [0.29, 0.717) is 0 Å². The van der Waals surface area contributed by atoms with Crippen LogP contribution in [0.2, 0.25) is 0 Å². The van der Waals surface area contributed by atoms with Crippen LogP contribution >= 0.6 is 12.2 Å². The van der Waals surface area contributed by atoms with E-state index in [-0.39, 0.29) is 7.43 Å². The molecule has 0 unspecified atom stereocenters. The van der Waals surface area contributed by atoms with Crippen molar-refractivity contribution < 1.29 is 0 Å². The van der Waals surface area contributed by atoms with E-state index >= 15 is 0 Å². The van der Waals surface area contributed by atoms with Crippen molar-refractivity contribution in [3.63, 3.8) is 0 Å². The second-order valence-corrected chi connectivity index (χ2v) is 2.39. The molecule has 1 heterocycles. The van der Waals surface area contributed by atoms with E-state index in [1.807, 2.05) is 13.8 Å². The van der Waals surface area contributed by atoms with Gasteiger partial charge in [-0.05, 0) is 12.8 Å². The van der Waals surface area contributed by atoms with Crippen LogP contribution in [0.1, 0.15) is 34.1 Å². The number of likely N-dealkylation sites (tertiary alicyclic amines) is 1. The molecule has 0 aromatic heterocycles. The minimum atomic E-state index is 0. The zero-order chi connectivity index (χ0) is 7.28. The van der Waals surface area contributed by atoms with Gasteiger partial charge in [0.25, 0.3) is 0 Å². The molecule has 0 spiro atoms. The largest absolute Gasteiger partial charge is 0.369 e. The minimum absolute atomic E-state index is 0. The van der Waals surface area contributed by atoms with E-state index in [9.17, 15) is 0 Å². The third-order valence-electron chi connectivity index (χ3n) is 1.31. The number of thiocarbonyl (C=S) groups is 1. The maximum absolute atomic E-state index is 4.97. The topological polar surface area (TPSA) is 3.24 Å². The molecular formula is C8H19NS. The Morgan fingerprint density at radius 1 is 1.40 bits per heavy atom. The van der Waals surface area contributed by atoms with Crippen molar-refractivity contribution in [3.05, 3.63) is 0 Å². The Morgan fingerprint density at radius 2 is 1.90 bits per heavy atom. The quantitative estimate of drug-likeness (QED) is 0.503. The highest BCUT2D eigenvalue weighted by Gasteiger charge is 2.09. The van der Waals surface area contributed by atoms with E-state index < -0.39 is 0 Å². The van der Waals surface area contributed by atoms with Crippen LogP contribution in [0.5, 0.6) is 0 Å². The van der Waals surface area contributed by atoms with E-state index in [1.54, 1.807) is 0 Å². The van der Waals surface area contributed by atoms with Crippen molar-refractivity contribution in [1.82, 2.24) is 4.90 Å². The highest BCUT2D eigenvalue weighted by molar-refractivity contribution is 7.80. The molecule has 1 aliphatic rings. The monoisotopic (exact) mass is 161 g/mol. The lowest BCUT2D eigenvalue weighted by Gasteiger charge is -2.06. The number of rotatable bonds is 0. The van der Waals surface area contributed by atoms with Gasteiger partial charge >= 0.3 is 0 Å². The predicted octanol–water partition coefficient (Wildman–Crippen LogP) is 2.70. The molecule has 0 aromatic carbocycles. The van der Waals surface area contributed by atoms with Crippen molar-refractivity contribution >= 4 is 17.2 Å². The predicted molar refractivity (Wildman–Crippen MR) is 52.5 cm³/mol. The lowest BCUT2D eigenvalue weighted by molar-refractivity contribution is 0.557. The zero-order valence-corrected chi connectivity index (χ0v) is 7.29. The van der Waals surface area contributed by atoms with Crippen LogP contribution in [0, 0.1) is 0 Å². The smallest absolute Gasteiger partial charge is 0.0777 e. The molecule has 0 amide bonds. The molecule has 0 aliphatic carbocycles. The number of hydrogen-bond acceptors (Lipinski definition) is 1. The van der Waals surface area contributed by atoms with Crippen LogP contribution < -0.4 is 0 Å². The van der Waals surface area contributed by atoms with Crippen molar-refractivity contribution in [2.45, 2.75) is 34.1 Å². The summed E-state index contributed by atoms with van der Waals surface area (Å²) in [5.74, 6) is 0. The maximum atomic E-state index is 4.97. The van der Waals surface area contributed by atoms with Gasteiger partial charge in [0.15, 0.2) is 0 Å². The summed E-state index contributed by atoms with van der Waals surface area (Å²) < 4.78 is 0. The molecule has 2 heteroatoms. The molecular weight excluding hydrogens is 142 g/mol. The first-order valence-corrected chi connectivity index (χ1v) is 3.95. The molecule has 1 saturated heterocycles. The Morgan fingerprint density at radius 3 is 2.00 bits per heavy atom. The van der Waals surface area contributed by atoms with Gasteiger partial charge in [-0.25, -0.2) is 0 Å². The summed E-state index contributed by atoms with van der Waals surface area (Å²) in [7, 11) is 2.05. The number of nitrogens with zero attached hydrogens (tertiary/aromatic N) is 1. The number of hydrogen-bond donors (Lipinski definition) is 0. The fourth-order valence-corrected chi connectivity index (χ4v) is 1.02. The van der Waals surface area contributed by atoms with Gasteiger partial charge < -0.3 is 4.90 Å². The average molecular weight is 161 g/mol. The summed E-state index contributed by atoms with van der Waals surface area (Å²) in [6, 6.07) is 0. The summed E-state index contributed by atoms with van der Waals surface area (Å²) in [5, 5.41) is 0. The van der Waals surface area contributed by atoms with E-state index in [4.69, 9.17) is 12.2 Å².